The highest BCUT2D eigenvalue weighted by Crippen LogP contribution is 2.33. The van der Waals surface area contributed by atoms with Crippen LogP contribution in [0.3, 0.4) is 0 Å². The second-order valence-electron chi connectivity index (χ2n) is 4.42. The van der Waals surface area contributed by atoms with Gasteiger partial charge in [0.2, 0.25) is 0 Å². The van der Waals surface area contributed by atoms with E-state index in [-0.39, 0.29) is 0 Å². The Labute approximate surface area is 86.7 Å². The van der Waals surface area contributed by atoms with Crippen molar-refractivity contribution >= 4 is 0 Å². The van der Waals surface area contributed by atoms with Crippen LogP contribution in [-0.2, 0) is 0 Å². The number of rotatable bonds is 0. The zero-order valence-corrected chi connectivity index (χ0v) is 9.30. The van der Waals surface area contributed by atoms with Crippen molar-refractivity contribution in [2.24, 2.45) is 5.92 Å². The number of hydrogen-bond donors (Lipinski definition) is 0. The highest BCUT2D eigenvalue weighted by Gasteiger charge is 2.14. The molecule has 2 aliphatic rings. The lowest BCUT2D eigenvalue weighted by molar-refractivity contribution is 0.893. The van der Waals surface area contributed by atoms with E-state index in [0.29, 0.717) is 5.92 Å². The second kappa shape index (κ2) is 3.61. The Kier molecular flexibility index (Phi) is 2.45. The van der Waals surface area contributed by atoms with Crippen LogP contribution >= 0.6 is 0 Å². The van der Waals surface area contributed by atoms with Crippen LogP contribution in [0.5, 0.6) is 0 Å². The summed E-state index contributed by atoms with van der Waals surface area (Å²) < 4.78 is 0. The summed E-state index contributed by atoms with van der Waals surface area (Å²) >= 11 is 0. The first-order chi connectivity index (χ1) is 6.68. The van der Waals surface area contributed by atoms with Crippen molar-refractivity contribution in [2.75, 3.05) is 0 Å². The van der Waals surface area contributed by atoms with Gasteiger partial charge in [0.1, 0.15) is 0 Å². The van der Waals surface area contributed by atoms with Crippen LogP contribution in [0.15, 0.2) is 46.6 Å². The molecule has 14 heavy (non-hydrogen) atoms. The van der Waals surface area contributed by atoms with Crippen molar-refractivity contribution in [2.45, 2.75) is 33.6 Å². The molecule has 1 atom stereocenters. The van der Waals surface area contributed by atoms with Gasteiger partial charge in [-0.3, -0.25) is 0 Å². The molecule has 2 rings (SSSR count). The van der Waals surface area contributed by atoms with Crippen molar-refractivity contribution < 1.29 is 0 Å². The minimum Gasteiger partial charge on any atom is -0.0776 e. The summed E-state index contributed by atoms with van der Waals surface area (Å²) in [7, 11) is 0. The molecule has 0 bridgehead atoms. The third kappa shape index (κ3) is 1.61. The smallest absolute Gasteiger partial charge is 0.00753 e. The van der Waals surface area contributed by atoms with Crippen LogP contribution in [0.25, 0.3) is 0 Å². The van der Waals surface area contributed by atoms with Crippen LogP contribution in [0.4, 0.5) is 0 Å². The van der Waals surface area contributed by atoms with Crippen LogP contribution < -0.4 is 0 Å². The van der Waals surface area contributed by atoms with Crippen LogP contribution in [-0.4, -0.2) is 0 Å². The van der Waals surface area contributed by atoms with E-state index in [9.17, 15) is 0 Å². The molecule has 0 saturated carbocycles. The van der Waals surface area contributed by atoms with Gasteiger partial charge < -0.3 is 0 Å². The molecule has 0 saturated heterocycles. The van der Waals surface area contributed by atoms with Gasteiger partial charge in [-0.05, 0) is 49.3 Å². The van der Waals surface area contributed by atoms with Crippen molar-refractivity contribution in [3.8, 4) is 0 Å². The first-order valence-electron chi connectivity index (χ1n) is 5.45. The molecule has 0 aromatic heterocycles. The van der Waals surface area contributed by atoms with E-state index in [1.807, 2.05) is 0 Å². The lowest BCUT2D eigenvalue weighted by atomic mass is 9.87. The van der Waals surface area contributed by atoms with Gasteiger partial charge in [0, 0.05) is 0 Å². The van der Waals surface area contributed by atoms with Gasteiger partial charge >= 0.3 is 0 Å². The molecule has 2 aliphatic carbocycles. The third-order valence-corrected chi connectivity index (χ3v) is 3.33. The van der Waals surface area contributed by atoms with Gasteiger partial charge in [-0.2, -0.15) is 0 Å². The molecule has 0 aliphatic heterocycles. The van der Waals surface area contributed by atoms with Gasteiger partial charge in [-0.25, -0.2) is 0 Å². The van der Waals surface area contributed by atoms with E-state index in [2.05, 4.69) is 45.1 Å². The molecule has 0 N–H and O–H groups in total. The second-order valence-corrected chi connectivity index (χ2v) is 4.42. The maximum Gasteiger partial charge on any atom is -0.00753 e. The van der Waals surface area contributed by atoms with E-state index in [4.69, 9.17) is 0 Å². The van der Waals surface area contributed by atoms with Crippen molar-refractivity contribution in [3.05, 3.63) is 46.6 Å². The van der Waals surface area contributed by atoms with Gasteiger partial charge in [-0.15, -0.1) is 0 Å². The molecule has 74 valence electrons. The van der Waals surface area contributed by atoms with Crippen molar-refractivity contribution in [1.29, 1.82) is 0 Å². The molecule has 0 nitrogen and oxygen atoms in total. The largest absolute Gasteiger partial charge is 0.0776 e. The van der Waals surface area contributed by atoms with Gasteiger partial charge in [0.25, 0.3) is 0 Å². The highest BCUT2D eigenvalue weighted by atomic mass is 14.2. The quantitative estimate of drug-likeness (QED) is 0.532. The Balaban J connectivity index is 2.46. The molecule has 0 aromatic carbocycles. The molecule has 0 aromatic rings. The fraction of sp³-hybridized carbons (Fsp3) is 0.429. The van der Waals surface area contributed by atoms with Crippen LogP contribution in [0.1, 0.15) is 33.6 Å². The number of allylic oxidation sites excluding steroid dienone is 8. The van der Waals surface area contributed by atoms with E-state index in [1.54, 1.807) is 5.57 Å². The Morgan fingerprint density at radius 1 is 1.07 bits per heavy atom. The SMILES string of the molecule is CC1=C(C)C2=C(C=CC(C)C=C2)CC1. The first-order valence-corrected chi connectivity index (χ1v) is 5.45. The zero-order chi connectivity index (χ0) is 10.1. The summed E-state index contributed by atoms with van der Waals surface area (Å²) in [5.41, 5.74) is 6.03. The molecule has 0 fully saturated rings. The third-order valence-electron chi connectivity index (χ3n) is 3.33. The first kappa shape index (κ1) is 9.51. The molecule has 0 amide bonds. The normalized spacial score (nSPS) is 26.6. The Hall–Kier alpha value is -1.04. The maximum atomic E-state index is 2.32. The van der Waals surface area contributed by atoms with Crippen molar-refractivity contribution in [1.82, 2.24) is 0 Å². The summed E-state index contributed by atoms with van der Waals surface area (Å²) in [5, 5.41) is 0. The monoisotopic (exact) mass is 186 g/mol. The topological polar surface area (TPSA) is 0 Å². The molecule has 0 radical (unpaired) electrons. The van der Waals surface area contributed by atoms with E-state index in [1.165, 1.54) is 29.6 Å². The predicted octanol–water partition coefficient (Wildman–Crippen LogP) is 4.18. The minimum absolute atomic E-state index is 0.578. The highest BCUT2D eigenvalue weighted by molar-refractivity contribution is 5.52. The average Bonchev–Trinajstić information content (AvgIpc) is 2.35. The van der Waals surface area contributed by atoms with Gasteiger partial charge in [0.15, 0.2) is 0 Å². The summed E-state index contributed by atoms with van der Waals surface area (Å²) in [5.74, 6) is 0.578. The molecule has 0 spiro atoms. The standard InChI is InChI=1S/C14H18/c1-10-4-7-13-8-6-11(2)12(3)14(13)9-5-10/h4-5,7,9-10H,6,8H2,1-3H3. The van der Waals surface area contributed by atoms with E-state index < -0.39 is 0 Å². The molecule has 0 heterocycles. The summed E-state index contributed by atoms with van der Waals surface area (Å²) in [6, 6.07) is 0. The lowest BCUT2D eigenvalue weighted by Gasteiger charge is -2.18. The van der Waals surface area contributed by atoms with Gasteiger partial charge in [0.05, 0.1) is 0 Å². The van der Waals surface area contributed by atoms with Crippen LogP contribution in [0.2, 0.25) is 0 Å². The molecule has 1 unspecified atom stereocenters. The summed E-state index contributed by atoms with van der Waals surface area (Å²) in [6.07, 6.45) is 11.7. The Bertz CT molecular complexity index is 361. The fourth-order valence-corrected chi connectivity index (χ4v) is 2.10. The fourth-order valence-electron chi connectivity index (χ4n) is 2.10. The molecular weight excluding hydrogens is 168 g/mol. The minimum atomic E-state index is 0.578. The Morgan fingerprint density at radius 3 is 2.57 bits per heavy atom. The van der Waals surface area contributed by atoms with Crippen molar-refractivity contribution in [3.63, 3.8) is 0 Å². The molecule has 0 heteroatoms. The van der Waals surface area contributed by atoms with Crippen LogP contribution in [0, 0.1) is 5.92 Å². The zero-order valence-electron chi connectivity index (χ0n) is 9.30. The maximum absolute atomic E-state index is 2.32. The van der Waals surface area contributed by atoms with E-state index in [0.717, 1.165) is 0 Å². The summed E-state index contributed by atoms with van der Waals surface area (Å²) in [6.45, 7) is 6.74. The lowest BCUT2D eigenvalue weighted by Crippen LogP contribution is -1.99. The number of hydrogen-bond acceptors (Lipinski definition) is 0. The average molecular weight is 186 g/mol. The predicted molar refractivity (Wildman–Crippen MR) is 62.1 cm³/mol. The Morgan fingerprint density at radius 2 is 1.79 bits per heavy atom. The summed E-state index contributed by atoms with van der Waals surface area (Å²) in [4.78, 5) is 0. The van der Waals surface area contributed by atoms with Gasteiger partial charge in [-0.1, -0.05) is 36.8 Å². The molecular formula is C14H18. The van der Waals surface area contributed by atoms with E-state index >= 15 is 0 Å².